The fourth-order valence-corrected chi connectivity index (χ4v) is 2.34. The Labute approximate surface area is 99.1 Å². The molecule has 0 saturated carbocycles. The van der Waals surface area contributed by atoms with Crippen LogP contribution in [0.15, 0.2) is 12.1 Å². The molecule has 2 heterocycles. The zero-order chi connectivity index (χ0) is 12.0. The number of carbonyl (C=O) groups excluding carboxylic acids is 1. The fourth-order valence-electron chi connectivity index (χ4n) is 2.34. The van der Waals surface area contributed by atoms with Crippen molar-refractivity contribution in [3.05, 3.63) is 23.3 Å². The van der Waals surface area contributed by atoms with Crippen LogP contribution in [0.2, 0.25) is 0 Å². The van der Waals surface area contributed by atoms with Gasteiger partial charge >= 0.3 is 0 Å². The molecule has 1 amide bonds. The smallest absolute Gasteiger partial charge is 0.255 e. The lowest BCUT2D eigenvalue weighted by atomic mass is 10.1. The van der Waals surface area contributed by atoms with Gasteiger partial charge in [-0.25, -0.2) is 0 Å². The Morgan fingerprint density at radius 2 is 2.24 bits per heavy atom. The molecule has 0 spiro atoms. The van der Waals surface area contributed by atoms with Gasteiger partial charge in [-0.05, 0) is 12.1 Å². The number of anilines is 1. The monoisotopic (exact) mass is 234 g/mol. The van der Waals surface area contributed by atoms with Crippen LogP contribution >= 0.6 is 0 Å². The van der Waals surface area contributed by atoms with Gasteiger partial charge in [0.05, 0.1) is 38.6 Å². The van der Waals surface area contributed by atoms with Crippen molar-refractivity contribution in [2.24, 2.45) is 0 Å². The molecule has 0 aromatic heterocycles. The summed E-state index contributed by atoms with van der Waals surface area (Å²) in [6.07, 6.45) is 0. The Morgan fingerprint density at radius 1 is 1.47 bits per heavy atom. The van der Waals surface area contributed by atoms with Crippen molar-refractivity contribution in [3.63, 3.8) is 0 Å². The predicted molar refractivity (Wildman–Crippen MR) is 61.9 cm³/mol. The molecular formula is C12H14N2O3. The number of carbonyl (C=O) groups is 1. The van der Waals surface area contributed by atoms with Crippen LogP contribution in [0.5, 0.6) is 5.75 Å². The maximum atomic E-state index is 12.2. The summed E-state index contributed by atoms with van der Waals surface area (Å²) in [7, 11) is 1.57. The number of hydrogen-bond donors (Lipinski definition) is 1. The van der Waals surface area contributed by atoms with E-state index >= 15 is 0 Å². The number of nitrogens with zero attached hydrogens (tertiary/aromatic N) is 1. The summed E-state index contributed by atoms with van der Waals surface area (Å²) in [6, 6.07) is 3.69. The minimum absolute atomic E-state index is 0.0478. The van der Waals surface area contributed by atoms with Crippen LogP contribution in [0, 0.1) is 0 Å². The molecule has 2 N–H and O–H groups in total. The van der Waals surface area contributed by atoms with Crippen molar-refractivity contribution in [1.82, 2.24) is 4.90 Å². The minimum Gasteiger partial charge on any atom is -0.494 e. The van der Waals surface area contributed by atoms with Crippen LogP contribution < -0.4 is 10.5 Å². The molecule has 1 aromatic carbocycles. The van der Waals surface area contributed by atoms with E-state index in [1.165, 1.54) is 0 Å². The average molecular weight is 234 g/mol. The second kappa shape index (κ2) is 3.63. The van der Waals surface area contributed by atoms with Gasteiger partial charge < -0.3 is 20.1 Å². The molecule has 0 atom stereocenters. The van der Waals surface area contributed by atoms with Gasteiger partial charge in [-0.1, -0.05) is 0 Å². The Bertz CT molecular complexity index is 483. The Morgan fingerprint density at radius 3 is 2.82 bits per heavy atom. The first-order valence-electron chi connectivity index (χ1n) is 5.56. The first kappa shape index (κ1) is 10.4. The molecular weight excluding hydrogens is 220 g/mol. The highest BCUT2D eigenvalue weighted by atomic mass is 16.5. The first-order valence-corrected chi connectivity index (χ1v) is 5.56. The maximum absolute atomic E-state index is 12.2. The van der Waals surface area contributed by atoms with Gasteiger partial charge in [-0.3, -0.25) is 4.79 Å². The molecule has 0 aliphatic carbocycles. The molecule has 1 aromatic rings. The number of benzene rings is 1. The lowest BCUT2D eigenvalue weighted by Gasteiger charge is -2.34. The summed E-state index contributed by atoms with van der Waals surface area (Å²) in [5.74, 6) is 0.671. The van der Waals surface area contributed by atoms with Crippen LogP contribution in [-0.2, 0) is 11.3 Å². The Balaban J connectivity index is 2.00. The van der Waals surface area contributed by atoms with E-state index in [0.717, 1.165) is 5.56 Å². The number of rotatable bonds is 2. The van der Waals surface area contributed by atoms with E-state index in [1.807, 2.05) is 4.90 Å². The molecule has 0 bridgehead atoms. The van der Waals surface area contributed by atoms with Crippen molar-refractivity contribution in [3.8, 4) is 5.75 Å². The van der Waals surface area contributed by atoms with E-state index in [4.69, 9.17) is 15.2 Å². The van der Waals surface area contributed by atoms with Gasteiger partial charge in [0.2, 0.25) is 0 Å². The Kier molecular flexibility index (Phi) is 2.22. The minimum atomic E-state index is 0.0478. The van der Waals surface area contributed by atoms with Gasteiger partial charge in [0.25, 0.3) is 5.91 Å². The van der Waals surface area contributed by atoms with Crippen LogP contribution in [0.25, 0.3) is 0 Å². The van der Waals surface area contributed by atoms with Crippen molar-refractivity contribution in [2.75, 3.05) is 26.1 Å². The van der Waals surface area contributed by atoms with Crippen molar-refractivity contribution in [2.45, 2.75) is 12.6 Å². The van der Waals surface area contributed by atoms with E-state index in [9.17, 15) is 4.79 Å². The summed E-state index contributed by atoms with van der Waals surface area (Å²) in [4.78, 5) is 14.0. The number of ether oxygens (including phenoxy) is 2. The summed E-state index contributed by atoms with van der Waals surface area (Å²) in [6.45, 7) is 1.81. The van der Waals surface area contributed by atoms with Gasteiger partial charge in [0.15, 0.2) is 0 Å². The zero-order valence-corrected chi connectivity index (χ0v) is 9.60. The normalized spacial score (nSPS) is 19.1. The maximum Gasteiger partial charge on any atom is 0.255 e. The number of methoxy groups -OCH3 is 1. The number of fused-ring (bicyclic) bond motifs is 1. The molecule has 1 saturated heterocycles. The van der Waals surface area contributed by atoms with Crippen LogP contribution in [-0.4, -0.2) is 37.2 Å². The van der Waals surface area contributed by atoms with Crippen molar-refractivity contribution < 1.29 is 14.3 Å². The van der Waals surface area contributed by atoms with Crippen molar-refractivity contribution >= 4 is 11.6 Å². The largest absolute Gasteiger partial charge is 0.494 e. The first-order chi connectivity index (χ1) is 8.22. The van der Waals surface area contributed by atoms with Gasteiger partial charge in [-0.15, -0.1) is 0 Å². The molecule has 5 heteroatoms. The highest BCUT2D eigenvalue weighted by molar-refractivity contribution is 6.00. The van der Waals surface area contributed by atoms with E-state index in [-0.39, 0.29) is 11.9 Å². The second-order valence-electron chi connectivity index (χ2n) is 4.34. The lowest BCUT2D eigenvalue weighted by molar-refractivity contribution is -0.0541. The SMILES string of the molecule is COc1c(N)ccc2c1CN(C1COC1)C2=O. The number of nitrogens with two attached hydrogens (primary N) is 1. The molecule has 90 valence electrons. The van der Waals surface area contributed by atoms with E-state index in [2.05, 4.69) is 0 Å². The molecule has 2 aliphatic heterocycles. The quantitative estimate of drug-likeness (QED) is 0.762. The molecule has 5 nitrogen and oxygen atoms in total. The standard InChI is InChI=1S/C12H14N2O3/c1-16-11-9-4-14(7-5-17-6-7)12(15)8(9)2-3-10(11)13/h2-3,7H,4-6,13H2,1H3. The van der Waals surface area contributed by atoms with Gasteiger partial charge in [0, 0.05) is 11.1 Å². The van der Waals surface area contributed by atoms with E-state index in [0.29, 0.717) is 36.8 Å². The van der Waals surface area contributed by atoms with Gasteiger partial charge in [0.1, 0.15) is 5.75 Å². The van der Waals surface area contributed by atoms with Crippen LogP contribution in [0.3, 0.4) is 0 Å². The summed E-state index contributed by atoms with van der Waals surface area (Å²) >= 11 is 0. The van der Waals surface area contributed by atoms with Crippen LogP contribution in [0.4, 0.5) is 5.69 Å². The third-order valence-corrected chi connectivity index (χ3v) is 3.38. The fraction of sp³-hybridized carbons (Fsp3) is 0.417. The predicted octanol–water partition coefficient (Wildman–Crippen LogP) is 0.632. The average Bonchev–Trinajstić information content (AvgIpc) is 2.54. The molecule has 17 heavy (non-hydrogen) atoms. The van der Waals surface area contributed by atoms with Crippen molar-refractivity contribution in [1.29, 1.82) is 0 Å². The number of nitrogen functional groups attached to an aromatic ring is 1. The zero-order valence-electron chi connectivity index (χ0n) is 9.60. The highest BCUT2D eigenvalue weighted by Gasteiger charge is 2.38. The van der Waals surface area contributed by atoms with E-state index in [1.54, 1.807) is 19.2 Å². The second-order valence-corrected chi connectivity index (χ2v) is 4.34. The third-order valence-electron chi connectivity index (χ3n) is 3.38. The Hall–Kier alpha value is -1.75. The molecule has 0 unspecified atom stereocenters. The van der Waals surface area contributed by atoms with Crippen LogP contribution in [0.1, 0.15) is 15.9 Å². The summed E-state index contributed by atoms with van der Waals surface area (Å²) in [5.41, 5.74) is 8.00. The molecule has 1 fully saturated rings. The lowest BCUT2D eigenvalue weighted by Crippen LogP contribution is -2.48. The topological polar surface area (TPSA) is 64.8 Å². The molecule has 3 rings (SSSR count). The highest BCUT2D eigenvalue weighted by Crippen LogP contribution is 2.36. The summed E-state index contributed by atoms with van der Waals surface area (Å²) < 4.78 is 10.4. The number of amides is 1. The third kappa shape index (κ3) is 1.39. The molecule has 2 aliphatic rings. The molecule has 0 radical (unpaired) electrons. The van der Waals surface area contributed by atoms with E-state index < -0.39 is 0 Å². The van der Waals surface area contributed by atoms with Gasteiger partial charge in [-0.2, -0.15) is 0 Å². The summed E-state index contributed by atoms with van der Waals surface area (Å²) in [5, 5.41) is 0. The number of hydrogen-bond acceptors (Lipinski definition) is 4.